The summed E-state index contributed by atoms with van der Waals surface area (Å²) in [6.45, 7) is 10.3. The molecule has 4 heteroatoms. The summed E-state index contributed by atoms with van der Waals surface area (Å²) in [6, 6.07) is 1.91. The minimum Gasteiger partial charge on any atom is -0.396 e. The fourth-order valence-corrected chi connectivity index (χ4v) is 2.86. The molecule has 0 fully saturated rings. The first-order chi connectivity index (χ1) is 8.25. The largest absolute Gasteiger partial charge is 0.396 e. The van der Waals surface area contributed by atoms with Crippen molar-refractivity contribution < 1.29 is 9.90 Å². The summed E-state index contributed by atoms with van der Waals surface area (Å²) in [5, 5.41) is 12.1. The molecule has 1 amide bonds. The number of nitrogens with one attached hydrogen (secondary N) is 1. The molecule has 0 aromatic carbocycles. The highest BCUT2D eigenvalue weighted by atomic mass is 32.1. The molecule has 1 atom stereocenters. The lowest BCUT2D eigenvalue weighted by Crippen LogP contribution is -2.44. The number of carbonyl (C=O) groups is 1. The Bertz CT molecular complexity index is 418. The first-order valence-corrected chi connectivity index (χ1v) is 7.06. The first kappa shape index (κ1) is 15.2. The van der Waals surface area contributed by atoms with Crippen LogP contribution in [0.4, 0.5) is 0 Å². The number of amides is 1. The number of thiophene rings is 1. The van der Waals surface area contributed by atoms with Crippen molar-refractivity contribution in [1.82, 2.24) is 5.32 Å². The van der Waals surface area contributed by atoms with E-state index in [4.69, 9.17) is 5.11 Å². The van der Waals surface area contributed by atoms with Crippen LogP contribution in [0.3, 0.4) is 0 Å². The molecule has 2 N–H and O–H groups in total. The van der Waals surface area contributed by atoms with E-state index in [1.54, 1.807) is 11.3 Å². The number of hydrogen-bond donors (Lipinski definition) is 2. The first-order valence-electron chi connectivity index (χ1n) is 6.24. The van der Waals surface area contributed by atoms with Gasteiger partial charge in [0.25, 0.3) is 5.91 Å². The molecule has 102 valence electrons. The summed E-state index contributed by atoms with van der Waals surface area (Å²) in [4.78, 5) is 14.4. The van der Waals surface area contributed by atoms with E-state index >= 15 is 0 Å². The second-order valence-corrected chi connectivity index (χ2v) is 7.19. The Hall–Kier alpha value is -0.870. The van der Waals surface area contributed by atoms with Crippen molar-refractivity contribution in [2.75, 3.05) is 6.61 Å². The molecule has 1 rings (SSSR count). The highest BCUT2D eigenvalue weighted by Crippen LogP contribution is 2.24. The second kappa shape index (κ2) is 5.85. The van der Waals surface area contributed by atoms with E-state index in [0.29, 0.717) is 6.42 Å². The van der Waals surface area contributed by atoms with Gasteiger partial charge in [-0.25, -0.2) is 0 Å². The fraction of sp³-hybridized carbons (Fsp3) is 0.643. The SMILES string of the molecule is Cc1cc(C(=O)NC(CCO)C(C)(C)C)c(C)s1. The molecular weight excluding hydrogens is 246 g/mol. The van der Waals surface area contributed by atoms with Crippen LogP contribution in [0, 0.1) is 19.3 Å². The standard InChI is InChI=1S/C14H23NO2S/c1-9-8-11(10(2)18-9)13(17)15-12(6-7-16)14(3,4)5/h8,12,16H,6-7H2,1-5H3,(H,15,17). The Morgan fingerprint density at radius 1 is 1.44 bits per heavy atom. The van der Waals surface area contributed by atoms with E-state index in [2.05, 4.69) is 26.1 Å². The van der Waals surface area contributed by atoms with Crippen molar-refractivity contribution in [3.05, 3.63) is 21.4 Å². The van der Waals surface area contributed by atoms with Gasteiger partial charge in [-0.1, -0.05) is 20.8 Å². The van der Waals surface area contributed by atoms with Crippen molar-refractivity contribution in [3.63, 3.8) is 0 Å². The summed E-state index contributed by atoms with van der Waals surface area (Å²) >= 11 is 1.64. The zero-order chi connectivity index (χ0) is 13.9. The summed E-state index contributed by atoms with van der Waals surface area (Å²) in [6.07, 6.45) is 0.581. The highest BCUT2D eigenvalue weighted by Gasteiger charge is 2.26. The van der Waals surface area contributed by atoms with Crippen LogP contribution in [0.25, 0.3) is 0 Å². The van der Waals surface area contributed by atoms with Gasteiger partial charge >= 0.3 is 0 Å². The summed E-state index contributed by atoms with van der Waals surface area (Å²) in [7, 11) is 0. The lowest BCUT2D eigenvalue weighted by molar-refractivity contribution is 0.0885. The minimum absolute atomic E-state index is 0.0189. The van der Waals surface area contributed by atoms with E-state index < -0.39 is 0 Å². The van der Waals surface area contributed by atoms with Gasteiger partial charge in [-0.05, 0) is 31.7 Å². The quantitative estimate of drug-likeness (QED) is 0.883. The van der Waals surface area contributed by atoms with Crippen LogP contribution >= 0.6 is 11.3 Å². The minimum atomic E-state index is -0.0582. The van der Waals surface area contributed by atoms with Gasteiger partial charge in [0.1, 0.15) is 0 Å². The maximum Gasteiger partial charge on any atom is 0.252 e. The molecule has 0 aliphatic heterocycles. The van der Waals surface area contributed by atoms with Crippen LogP contribution in [0.15, 0.2) is 6.07 Å². The topological polar surface area (TPSA) is 49.3 Å². The number of aryl methyl sites for hydroxylation is 2. The molecule has 0 aliphatic rings. The lowest BCUT2D eigenvalue weighted by Gasteiger charge is -2.31. The van der Waals surface area contributed by atoms with E-state index in [1.165, 1.54) is 0 Å². The van der Waals surface area contributed by atoms with Gasteiger partial charge in [0, 0.05) is 22.4 Å². The van der Waals surface area contributed by atoms with Crippen molar-refractivity contribution in [2.45, 2.75) is 47.1 Å². The molecule has 0 saturated heterocycles. The Morgan fingerprint density at radius 2 is 2.06 bits per heavy atom. The monoisotopic (exact) mass is 269 g/mol. The molecule has 1 aromatic rings. The second-order valence-electron chi connectivity index (χ2n) is 5.73. The molecule has 1 aromatic heterocycles. The van der Waals surface area contributed by atoms with Crippen LogP contribution < -0.4 is 5.32 Å². The number of aliphatic hydroxyl groups is 1. The zero-order valence-electron chi connectivity index (χ0n) is 11.8. The van der Waals surface area contributed by atoms with Crippen LogP contribution in [-0.2, 0) is 0 Å². The molecule has 0 saturated carbocycles. The molecule has 1 heterocycles. The molecule has 0 bridgehead atoms. The Balaban J connectivity index is 2.82. The van der Waals surface area contributed by atoms with Crippen LogP contribution in [0.5, 0.6) is 0 Å². The molecular formula is C14H23NO2S. The summed E-state index contributed by atoms with van der Waals surface area (Å²) in [5.74, 6) is -0.0368. The molecule has 0 radical (unpaired) electrons. The Labute approximate surface area is 113 Å². The van der Waals surface area contributed by atoms with Crippen LogP contribution in [-0.4, -0.2) is 23.7 Å². The fourth-order valence-electron chi connectivity index (χ4n) is 1.94. The van der Waals surface area contributed by atoms with Gasteiger partial charge in [-0.3, -0.25) is 4.79 Å². The van der Waals surface area contributed by atoms with E-state index in [9.17, 15) is 4.79 Å². The van der Waals surface area contributed by atoms with Gasteiger partial charge in [-0.15, -0.1) is 11.3 Å². The summed E-state index contributed by atoms with van der Waals surface area (Å²) < 4.78 is 0. The molecule has 1 unspecified atom stereocenters. The van der Waals surface area contributed by atoms with E-state index in [0.717, 1.165) is 15.3 Å². The lowest BCUT2D eigenvalue weighted by atomic mass is 9.85. The number of aliphatic hydroxyl groups excluding tert-OH is 1. The highest BCUT2D eigenvalue weighted by molar-refractivity contribution is 7.12. The van der Waals surface area contributed by atoms with Crippen molar-refractivity contribution in [2.24, 2.45) is 5.41 Å². The maximum absolute atomic E-state index is 12.2. The molecule has 3 nitrogen and oxygen atoms in total. The number of hydrogen-bond acceptors (Lipinski definition) is 3. The van der Waals surface area contributed by atoms with E-state index in [1.807, 2.05) is 19.9 Å². The molecule has 18 heavy (non-hydrogen) atoms. The Morgan fingerprint density at radius 3 is 2.44 bits per heavy atom. The van der Waals surface area contributed by atoms with Crippen LogP contribution in [0.2, 0.25) is 0 Å². The predicted molar refractivity (Wildman–Crippen MR) is 76.2 cm³/mol. The van der Waals surface area contributed by atoms with Gasteiger partial charge in [-0.2, -0.15) is 0 Å². The third-order valence-electron chi connectivity index (χ3n) is 3.05. The zero-order valence-corrected chi connectivity index (χ0v) is 12.6. The average Bonchev–Trinajstić information content (AvgIpc) is 2.55. The average molecular weight is 269 g/mol. The Kier molecular flexibility index (Phi) is 4.93. The predicted octanol–water partition coefficient (Wildman–Crippen LogP) is 2.89. The van der Waals surface area contributed by atoms with Gasteiger partial charge < -0.3 is 10.4 Å². The van der Waals surface area contributed by atoms with Gasteiger partial charge in [0.15, 0.2) is 0 Å². The van der Waals surface area contributed by atoms with Gasteiger partial charge in [0.2, 0.25) is 0 Å². The number of rotatable bonds is 4. The third kappa shape index (κ3) is 3.82. The smallest absolute Gasteiger partial charge is 0.252 e. The van der Waals surface area contributed by atoms with E-state index in [-0.39, 0.29) is 24.0 Å². The van der Waals surface area contributed by atoms with Crippen molar-refractivity contribution in [3.8, 4) is 0 Å². The molecule has 0 spiro atoms. The third-order valence-corrected chi connectivity index (χ3v) is 4.02. The summed E-state index contributed by atoms with van der Waals surface area (Å²) in [5.41, 5.74) is 0.696. The van der Waals surface area contributed by atoms with Crippen molar-refractivity contribution in [1.29, 1.82) is 0 Å². The number of carbonyl (C=O) groups excluding carboxylic acids is 1. The van der Waals surface area contributed by atoms with Crippen molar-refractivity contribution >= 4 is 17.2 Å². The molecule has 0 aliphatic carbocycles. The van der Waals surface area contributed by atoms with Crippen LogP contribution in [0.1, 0.15) is 47.3 Å². The van der Waals surface area contributed by atoms with Gasteiger partial charge in [0.05, 0.1) is 5.56 Å². The maximum atomic E-state index is 12.2. The normalized spacial score (nSPS) is 13.4.